The summed E-state index contributed by atoms with van der Waals surface area (Å²) in [7, 11) is 0. The van der Waals surface area contributed by atoms with Crippen molar-refractivity contribution in [2.45, 2.75) is 0 Å². The topological polar surface area (TPSA) is 9.23 Å². The summed E-state index contributed by atoms with van der Waals surface area (Å²) in [5.74, 6) is 1.82. The zero-order valence-corrected chi connectivity index (χ0v) is 27.7. The van der Waals surface area contributed by atoms with Gasteiger partial charge in [-0.15, -0.1) is 0 Å². The lowest BCUT2D eigenvalue weighted by Crippen LogP contribution is -1.97. The van der Waals surface area contributed by atoms with Crippen LogP contribution in [-0.2, 0) is 0 Å². The minimum atomic E-state index is 0.911. The molecule has 0 N–H and O–H groups in total. The summed E-state index contributed by atoms with van der Waals surface area (Å²) >= 11 is 0. The average molecular weight is 647 g/mol. The van der Waals surface area contributed by atoms with Gasteiger partial charge >= 0.3 is 0 Å². The summed E-state index contributed by atoms with van der Waals surface area (Å²) in [5, 5.41) is 12.5. The Kier molecular flexibility index (Phi) is 6.02. The molecule has 0 fully saturated rings. The van der Waals surface area contributed by atoms with Gasteiger partial charge in [-0.1, -0.05) is 164 Å². The molecule has 51 heavy (non-hydrogen) atoms. The summed E-state index contributed by atoms with van der Waals surface area (Å²) in [6.45, 7) is 0. The Hall–Kier alpha value is -6.70. The van der Waals surface area contributed by atoms with Gasteiger partial charge in [0.2, 0.25) is 0 Å². The number of hydrogen-bond acceptors (Lipinski definition) is 1. The number of rotatable bonds is 3. The van der Waals surface area contributed by atoms with Crippen LogP contribution < -0.4 is 4.74 Å². The molecule has 0 unspecified atom stereocenters. The van der Waals surface area contributed by atoms with Crippen molar-refractivity contribution in [3.8, 4) is 56.0 Å². The van der Waals surface area contributed by atoms with Crippen molar-refractivity contribution in [1.29, 1.82) is 0 Å². The maximum absolute atomic E-state index is 6.39. The number of hydrogen-bond donors (Lipinski definition) is 0. The van der Waals surface area contributed by atoms with Crippen molar-refractivity contribution in [2.24, 2.45) is 0 Å². The lowest BCUT2D eigenvalue weighted by Gasteiger charge is -2.22. The molecule has 1 heterocycles. The molecule has 0 radical (unpaired) electrons. The van der Waals surface area contributed by atoms with E-state index in [1.54, 1.807) is 0 Å². The summed E-state index contributed by atoms with van der Waals surface area (Å²) in [6.07, 6.45) is 0. The van der Waals surface area contributed by atoms with Crippen molar-refractivity contribution in [3.63, 3.8) is 0 Å². The lowest BCUT2D eigenvalue weighted by molar-refractivity contribution is 0.487. The van der Waals surface area contributed by atoms with Gasteiger partial charge < -0.3 is 4.74 Å². The fraction of sp³-hybridized carbons (Fsp3) is 0. The Balaban J connectivity index is 1.12. The van der Waals surface area contributed by atoms with Gasteiger partial charge in [0.05, 0.1) is 0 Å². The van der Waals surface area contributed by atoms with E-state index in [4.69, 9.17) is 4.74 Å². The van der Waals surface area contributed by atoms with E-state index in [0.29, 0.717) is 0 Å². The minimum Gasteiger partial charge on any atom is -0.456 e. The van der Waals surface area contributed by atoms with E-state index < -0.39 is 0 Å². The van der Waals surface area contributed by atoms with Crippen molar-refractivity contribution in [2.75, 3.05) is 0 Å². The van der Waals surface area contributed by atoms with Crippen LogP contribution in [0, 0.1) is 0 Å². The van der Waals surface area contributed by atoms with E-state index in [1.165, 1.54) is 92.8 Å². The van der Waals surface area contributed by atoms with Gasteiger partial charge in [0, 0.05) is 10.9 Å². The molecule has 10 aromatic rings. The second-order valence-corrected chi connectivity index (χ2v) is 13.5. The molecule has 0 aliphatic carbocycles. The van der Waals surface area contributed by atoms with Crippen LogP contribution in [0.1, 0.15) is 0 Å². The number of benzene rings is 10. The normalized spacial score (nSPS) is 12.1. The van der Waals surface area contributed by atoms with Crippen LogP contribution in [0.4, 0.5) is 0 Å². The maximum atomic E-state index is 6.39. The van der Waals surface area contributed by atoms with Crippen LogP contribution >= 0.6 is 0 Å². The molecule has 0 bridgehead atoms. The first kappa shape index (κ1) is 28.2. The standard InChI is InChI=1S/C50H30O/c1-2-13-34-33(12-1)30-45(37-15-4-3-14-36(34)37)49-43-19-7-5-17-41(43)48(42-18-6-8-20-44(42)49)32-26-24-31(25-27-32)35-28-29-47-50-39(35)21-11-22-40(50)38-16-9-10-23-46(38)51-47/h1-30H. The number of fused-ring (bicyclic) bond motifs is 7. The molecule has 11 rings (SSSR count). The van der Waals surface area contributed by atoms with Crippen LogP contribution in [0.25, 0.3) is 98.4 Å². The molecular formula is C50H30O. The number of ether oxygens (including phenoxy) is 1. The van der Waals surface area contributed by atoms with E-state index in [9.17, 15) is 0 Å². The van der Waals surface area contributed by atoms with Crippen molar-refractivity contribution < 1.29 is 4.74 Å². The molecule has 0 saturated carbocycles. The van der Waals surface area contributed by atoms with Crippen LogP contribution in [0.2, 0.25) is 0 Å². The zero-order valence-electron chi connectivity index (χ0n) is 27.7. The second kappa shape index (κ2) is 10.9. The molecule has 1 heteroatoms. The van der Waals surface area contributed by atoms with E-state index in [0.717, 1.165) is 17.1 Å². The summed E-state index contributed by atoms with van der Waals surface area (Å²) in [6, 6.07) is 66.3. The third-order valence-corrected chi connectivity index (χ3v) is 10.9. The lowest BCUT2D eigenvalue weighted by atomic mass is 9.83. The van der Waals surface area contributed by atoms with Gasteiger partial charge in [0.15, 0.2) is 0 Å². The highest BCUT2D eigenvalue weighted by molar-refractivity contribution is 6.25. The molecule has 0 saturated heterocycles. The Labute approximate surface area is 295 Å². The Morgan fingerprint density at radius 3 is 1.57 bits per heavy atom. The Bertz CT molecular complexity index is 2980. The second-order valence-electron chi connectivity index (χ2n) is 13.5. The molecule has 0 atom stereocenters. The van der Waals surface area contributed by atoms with Gasteiger partial charge in [0.1, 0.15) is 11.5 Å². The Morgan fingerprint density at radius 1 is 0.275 bits per heavy atom. The van der Waals surface area contributed by atoms with Crippen LogP contribution in [-0.4, -0.2) is 0 Å². The molecule has 1 aliphatic heterocycles. The van der Waals surface area contributed by atoms with E-state index >= 15 is 0 Å². The van der Waals surface area contributed by atoms with E-state index in [-0.39, 0.29) is 0 Å². The molecule has 0 amide bonds. The van der Waals surface area contributed by atoms with Gasteiger partial charge in [-0.2, -0.15) is 0 Å². The third-order valence-electron chi connectivity index (χ3n) is 10.9. The monoisotopic (exact) mass is 646 g/mol. The quantitative estimate of drug-likeness (QED) is 0.137. The van der Waals surface area contributed by atoms with Gasteiger partial charge in [-0.05, 0) is 106 Å². The van der Waals surface area contributed by atoms with Crippen LogP contribution in [0.5, 0.6) is 11.5 Å². The molecule has 0 aromatic heterocycles. The largest absolute Gasteiger partial charge is 0.456 e. The summed E-state index contributed by atoms with van der Waals surface area (Å²) in [5.41, 5.74) is 9.79. The van der Waals surface area contributed by atoms with Crippen molar-refractivity contribution in [3.05, 3.63) is 182 Å². The molecule has 236 valence electrons. The molecule has 1 aliphatic rings. The average Bonchev–Trinajstić information content (AvgIpc) is 3.20. The smallest absolute Gasteiger partial charge is 0.135 e. The van der Waals surface area contributed by atoms with Gasteiger partial charge in [-0.3, -0.25) is 0 Å². The zero-order chi connectivity index (χ0) is 33.5. The first-order valence-corrected chi connectivity index (χ1v) is 17.6. The molecule has 1 nitrogen and oxygen atoms in total. The summed E-state index contributed by atoms with van der Waals surface area (Å²) < 4.78 is 6.39. The predicted molar refractivity (Wildman–Crippen MR) is 216 cm³/mol. The highest BCUT2D eigenvalue weighted by Gasteiger charge is 2.22. The molecule has 0 spiro atoms. The van der Waals surface area contributed by atoms with Crippen LogP contribution in [0.15, 0.2) is 182 Å². The highest BCUT2D eigenvalue weighted by atomic mass is 16.5. The minimum absolute atomic E-state index is 0.911. The first-order valence-electron chi connectivity index (χ1n) is 17.6. The van der Waals surface area contributed by atoms with Crippen molar-refractivity contribution in [1.82, 2.24) is 0 Å². The predicted octanol–water partition coefficient (Wildman–Crippen LogP) is 14.2. The van der Waals surface area contributed by atoms with Gasteiger partial charge in [-0.25, -0.2) is 0 Å². The highest BCUT2D eigenvalue weighted by Crippen LogP contribution is 2.50. The molecule has 10 aromatic carbocycles. The first-order chi connectivity index (χ1) is 25.3. The van der Waals surface area contributed by atoms with E-state index in [2.05, 4.69) is 170 Å². The van der Waals surface area contributed by atoms with Crippen molar-refractivity contribution >= 4 is 53.9 Å². The summed E-state index contributed by atoms with van der Waals surface area (Å²) in [4.78, 5) is 0. The maximum Gasteiger partial charge on any atom is 0.135 e. The molecular weight excluding hydrogens is 617 g/mol. The number of para-hydroxylation sites is 1. The van der Waals surface area contributed by atoms with E-state index in [1.807, 2.05) is 12.1 Å². The van der Waals surface area contributed by atoms with Crippen LogP contribution in [0.3, 0.4) is 0 Å². The third kappa shape index (κ3) is 4.16. The SMILES string of the molecule is c1ccc2c(c1)Oc1ccc(-c3ccc(-c4c5ccccc5c(-c5cc6ccccc6c6ccccc56)c5ccccc45)cc3)c3cccc-2c13. The fourth-order valence-corrected chi connectivity index (χ4v) is 8.64. The Morgan fingerprint density at radius 2 is 0.824 bits per heavy atom. The fourth-order valence-electron chi connectivity index (χ4n) is 8.64. The van der Waals surface area contributed by atoms with Gasteiger partial charge in [0.25, 0.3) is 0 Å².